The Hall–Kier alpha value is -1.53. The number of halogens is 1. The lowest BCUT2D eigenvalue weighted by Crippen LogP contribution is -2.36. The average Bonchev–Trinajstić information content (AvgIpc) is 2.96. The lowest BCUT2D eigenvalue weighted by atomic mass is 10.0. The topological polar surface area (TPSA) is 66.1 Å². The van der Waals surface area contributed by atoms with Crippen LogP contribution >= 0.6 is 11.6 Å². The summed E-state index contributed by atoms with van der Waals surface area (Å²) in [4.78, 5) is 0. The second-order valence-corrected chi connectivity index (χ2v) is 6.73. The molecular formula is C13H14ClN3O2S. The number of hydrogen-bond acceptors (Lipinski definition) is 3. The van der Waals surface area contributed by atoms with Gasteiger partial charge >= 0.3 is 0 Å². The molecule has 0 aliphatic carbocycles. The Kier molecular flexibility index (Phi) is 3.43. The SMILES string of the molecule is O=S(=O)(c1[nH]ncc1CCl)N1CCCc2ccccc21. The number of nitrogens with zero attached hydrogens (tertiary/aromatic N) is 2. The van der Waals surface area contributed by atoms with Crippen molar-refractivity contribution in [1.82, 2.24) is 10.2 Å². The van der Waals surface area contributed by atoms with Crippen molar-refractivity contribution < 1.29 is 8.42 Å². The zero-order valence-electron chi connectivity index (χ0n) is 10.7. The van der Waals surface area contributed by atoms with E-state index in [9.17, 15) is 8.42 Å². The van der Waals surface area contributed by atoms with Crippen molar-refractivity contribution in [2.75, 3.05) is 10.8 Å². The number of nitrogens with one attached hydrogen (secondary N) is 1. The van der Waals surface area contributed by atoms with E-state index in [0.29, 0.717) is 12.1 Å². The van der Waals surface area contributed by atoms with E-state index in [2.05, 4.69) is 10.2 Å². The maximum absolute atomic E-state index is 12.8. The number of benzene rings is 1. The maximum Gasteiger partial charge on any atom is 0.281 e. The number of H-pyrrole nitrogens is 1. The van der Waals surface area contributed by atoms with E-state index >= 15 is 0 Å². The Morgan fingerprint density at radius 2 is 2.15 bits per heavy atom. The van der Waals surface area contributed by atoms with Crippen LogP contribution in [0.2, 0.25) is 0 Å². The van der Waals surface area contributed by atoms with Gasteiger partial charge in [0.2, 0.25) is 0 Å². The van der Waals surface area contributed by atoms with Gasteiger partial charge in [-0.1, -0.05) is 18.2 Å². The summed E-state index contributed by atoms with van der Waals surface area (Å²) >= 11 is 5.78. The molecule has 1 aliphatic rings. The number of aryl methyl sites for hydroxylation is 1. The van der Waals surface area contributed by atoms with Gasteiger partial charge in [0.15, 0.2) is 5.03 Å². The third-order valence-corrected chi connectivity index (χ3v) is 5.55. The molecule has 20 heavy (non-hydrogen) atoms. The molecule has 1 aliphatic heterocycles. The fourth-order valence-corrected chi connectivity index (χ4v) is 4.41. The van der Waals surface area contributed by atoms with Gasteiger partial charge in [-0.05, 0) is 24.5 Å². The van der Waals surface area contributed by atoms with Gasteiger partial charge in [0.05, 0.1) is 17.8 Å². The van der Waals surface area contributed by atoms with Crippen molar-refractivity contribution in [3.63, 3.8) is 0 Å². The Labute approximate surface area is 122 Å². The number of hydrogen-bond donors (Lipinski definition) is 1. The summed E-state index contributed by atoms with van der Waals surface area (Å²) in [6.07, 6.45) is 3.16. The molecule has 3 rings (SSSR count). The molecule has 0 fully saturated rings. The minimum atomic E-state index is -3.64. The van der Waals surface area contributed by atoms with Crippen LogP contribution in [0, 0.1) is 0 Å². The molecule has 0 atom stereocenters. The number of sulfonamides is 1. The third kappa shape index (κ3) is 2.09. The van der Waals surface area contributed by atoms with Crippen molar-refractivity contribution in [2.24, 2.45) is 0 Å². The summed E-state index contributed by atoms with van der Waals surface area (Å²) in [5.74, 6) is 0.112. The van der Waals surface area contributed by atoms with Gasteiger partial charge in [-0.15, -0.1) is 11.6 Å². The normalized spacial score (nSPS) is 15.2. The Morgan fingerprint density at radius 3 is 2.95 bits per heavy atom. The first kappa shape index (κ1) is 13.5. The molecule has 0 unspecified atom stereocenters. The number of alkyl halides is 1. The van der Waals surface area contributed by atoms with Crippen LogP contribution in [0.25, 0.3) is 0 Å². The number of aromatic nitrogens is 2. The highest BCUT2D eigenvalue weighted by Gasteiger charge is 2.31. The second kappa shape index (κ2) is 5.10. The number of aromatic amines is 1. The fourth-order valence-electron chi connectivity index (χ4n) is 2.48. The predicted octanol–water partition coefficient (Wildman–Crippen LogP) is 2.29. The van der Waals surface area contributed by atoms with Gasteiger partial charge in [0.25, 0.3) is 10.0 Å². The average molecular weight is 312 g/mol. The van der Waals surface area contributed by atoms with Gasteiger partial charge in [-0.2, -0.15) is 13.5 Å². The molecule has 0 amide bonds. The molecule has 1 aromatic carbocycles. The third-order valence-electron chi connectivity index (χ3n) is 3.44. The minimum absolute atomic E-state index is 0.0872. The van der Waals surface area contributed by atoms with Gasteiger partial charge in [-0.25, -0.2) is 0 Å². The molecule has 0 saturated heterocycles. The van der Waals surface area contributed by atoms with Crippen molar-refractivity contribution in [3.05, 3.63) is 41.6 Å². The fraction of sp³-hybridized carbons (Fsp3) is 0.308. The van der Waals surface area contributed by atoms with Crippen LogP contribution in [-0.4, -0.2) is 25.2 Å². The van der Waals surface area contributed by atoms with Gasteiger partial charge in [0.1, 0.15) is 0 Å². The molecule has 2 aromatic rings. The number of fused-ring (bicyclic) bond motifs is 1. The molecule has 5 nitrogen and oxygen atoms in total. The second-order valence-electron chi connectivity index (χ2n) is 4.67. The van der Waals surface area contributed by atoms with Crippen LogP contribution in [0.15, 0.2) is 35.5 Å². The number of anilines is 1. The van der Waals surface area contributed by atoms with E-state index in [1.165, 1.54) is 10.5 Å². The lowest BCUT2D eigenvalue weighted by molar-refractivity contribution is 0.581. The highest BCUT2D eigenvalue weighted by atomic mass is 35.5. The van der Waals surface area contributed by atoms with Gasteiger partial charge in [-0.3, -0.25) is 9.40 Å². The van der Waals surface area contributed by atoms with Crippen molar-refractivity contribution in [3.8, 4) is 0 Å². The standard InChI is InChI=1S/C13H14ClN3O2S/c14-8-11-9-15-16-13(11)20(18,19)17-7-3-5-10-4-1-2-6-12(10)17/h1-2,4,6,9H,3,5,7-8H2,(H,15,16). The summed E-state index contributed by atoms with van der Waals surface area (Å²) in [5.41, 5.74) is 2.29. The molecular weight excluding hydrogens is 298 g/mol. The highest BCUT2D eigenvalue weighted by Crippen LogP contribution is 2.32. The van der Waals surface area contributed by atoms with Crippen molar-refractivity contribution in [2.45, 2.75) is 23.7 Å². The summed E-state index contributed by atoms with van der Waals surface area (Å²) < 4.78 is 27.0. The molecule has 106 valence electrons. The van der Waals surface area contributed by atoms with E-state index in [1.807, 2.05) is 24.3 Å². The zero-order valence-corrected chi connectivity index (χ0v) is 12.3. The first-order valence-corrected chi connectivity index (χ1v) is 8.31. The molecule has 0 spiro atoms. The van der Waals surface area contributed by atoms with Crippen LogP contribution in [0.5, 0.6) is 0 Å². The monoisotopic (exact) mass is 311 g/mol. The van der Waals surface area contributed by atoms with Crippen LogP contribution in [0.4, 0.5) is 5.69 Å². The number of rotatable bonds is 3. The summed E-state index contributed by atoms with van der Waals surface area (Å²) in [6.45, 7) is 0.472. The molecule has 0 radical (unpaired) electrons. The van der Waals surface area contributed by atoms with E-state index < -0.39 is 10.0 Å². The molecule has 2 heterocycles. The molecule has 0 bridgehead atoms. The first-order valence-electron chi connectivity index (χ1n) is 6.33. The van der Waals surface area contributed by atoms with Crippen LogP contribution in [0.1, 0.15) is 17.5 Å². The summed E-state index contributed by atoms with van der Waals surface area (Å²) in [7, 11) is -3.64. The van der Waals surface area contributed by atoms with Crippen LogP contribution in [-0.2, 0) is 22.3 Å². The summed E-state index contributed by atoms with van der Waals surface area (Å²) in [6, 6.07) is 7.58. The molecule has 1 N–H and O–H groups in total. The van der Waals surface area contributed by atoms with Crippen LogP contribution < -0.4 is 4.31 Å². The van der Waals surface area contributed by atoms with E-state index in [1.54, 1.807) is 0 Å². The van der Waals surface area contributed by atoms with E-state index in [0.717, 1.165) is 24.1 Å². The van der Waals surface area contributed by atoms with Gasteiger partial charge < -0.3 is 0 Å². The number of para-hydroxylation sites is 1. The van der Waals surface area contributed by atoms with Crippen molar-refractivity contribution in [1.29, 1.82) is 0 Å². The smallest absolute Gasteiger partial charge is 0.266 e. The Morgan fingerprint density at radius 1 is 1.35 bits per heavy atom. The molecule has 7 heteroatoms. The minimum Gasteiger partial charge on any atom is -0.266 e. The first-order chi connectivity index (χ1) is 9.64. The molecule has 0 saturated carbocycles. The van der Waals surface area contributed by atoms with E-state index in [-0.39, 0.29) is 10.9 Å². The quantitative estimate of drug-likeness (QED) is 0.884. The summed E-state index contributed by atoms with van der Waals surface area (Å²) in [5, 5.41) is 6.44. The largest absolute Gasteiger partial charge is 0.281 e. The Balaban J connectivity index is 2.10. The highest BCUT2D eigenvalue weighted by molar-refractivity contribution is 7.92. The molecule has 1 aromatic heterocycles. The van der Waals surface area contributed by atoms with Gasteiger partial charge in [0, 0.05) is 12.1 Å². The Bertz CT molecular complexity index is 727. The van der Waals surface area contributed by atoms with Crippen LogP contribution in [0.3, 0.4) is 0 Å². The lowest BCUT2D eigenvalue weighted by Gasteiger charge is -2.30. The maximum atomic E-state index is 12.8. The predicted molar refractivity (Wildman–Crippen MR) is 77.4 cm³/mol. The van der Waals surface area contributed by atoms with E-state index in [4.69, 9.17) is 11.6 Å². The van der Waals surface area contributed by atoms with Crippen molar-refractivity contribution >= 4 is 27.3 Å². The zero-order chi connectivity index (χ0) is 14.2.